The molecule has 0 radical (unpaired) electrons. The first kappa shape index (κ1) is 17.3. The van der Waals surface area contributed by atoms with Gasteiger partial charge in [-0.25, -0.2) is 0 Å². The maximum atomic E-state index is 12.3. The van der Waals surface area contributed by atoms with Gasteiger partial charge in [-0.15, -0.1) is 10.2 Å². The zero-order chi connectivity index (χ0) is 17.9. The van der Waals surface area contributed by atoms with Crippen LogP contribution >= 0.6 is 23.1 Å². The van der Waals surface area contributed by atoms with Gasteiger partial charge in [0.15, 0.2) is 4.34 Å². The van der Waals surface area contributed by atoms with Crippen LogP contribution in [0, 0.1) is 0 Å². The lowest BCUT2D eigenvalue weighted by molar-refractivity contribution is -0.113. The van der Waals surface area contributed by atoms with Gasteiger partial charge in [-0.05, 0) is 37.8 Å². The van der Waals surface area contributed by atoms with Crippen molar-refractivity contribution in [3.8, 4) is 0 Å². The van der Waals surface area contributed by atoms with E-state index in [1.54, 1.807) is 24.3 Å². The fraction of sp³-hybridized carbons (Fsp3) is 0.412. The number of nitrogens with zero attached hydrogens (tertiary/aromatic N) is 2. The van der Waals surface area contributed by atoms with E-state index in [9.17, 15) is 9.59 Å². The van der Waals surface area contributed by atoms with Crippen LogP contribution in [0.25, 0.3) is 0 Å². The van der Waals surface area contributed by atoms with Crippen LogP contribution in [-0.2, 0) is 4.79 Å². The predicted octanol–water partition coefficient (Wildman–Crippen LogP) is 2.74. The molecule has 0 unspecified atom stereocenters. The second-order valence-corrected chi connectivity index (χ2v) is 8.62. The maximum Gasteiger partial charge on any atom is 0.253 e. The largest absolute Gasteiger partial charge is 0.357 e. The minimum atomic E-state index is -0.173. The third kappa shape index (κ3) is 4.73. The van der Waals surface area contributed by atoms with E-state index in [-0.39, 0.29) is 23.6 Å². The molecule has 9 heteroatoms. The Hall–Kier alpha value is -2.13. The summed E-state index contributed by atoms with van der Waals surface area (Å²) >= 11 is 2.80. The number of nitrogens with one attached hydrogen (secondary N) is 3. The van der Waals surface area contributed by atoms with Crippen molar-refractivity contribution in [1.29, 1.82) is 0 Å². The molecule has 2 aliphatic carbocycles. The highest BCUT2D eigenvalue weighted by molar-refractivity contribution is 8.01. The number of para-hydroxylation sites is 1. The number of anilines is 2. The van der Waals surface area contributed by atoms with Crippen LogP contribution in [-0.4, -0.2) is 39.8 Å². The number of hydrogen-bond acceptors (Lipinski definition) is 7. The highest BCUT2D eigenvalue weighted by Gasteiger charge is 2.25. The summed E-state index contributed by atoms with van der Waals surface area (Å²) in [6, 6.07) is 7.87. The lowest BCUT2D eigenvalue weighted by Gasteiger charge is -2.10. The first-order valence-electron chi connectivity index (χ1n) is 8.60. The van der Waals surface area contributed by atoms with Crippen molar-refractivity contribution >= 4 is 45.7 Å². The van der Waals surface area contributed by atoms with Crippen LogP contribution in [0.1, 0.15) is 36.0 Å². The van der Waals surface area contributed by atoms with E-state index in [4.69, 9.17) is 0 Å². The Labute approximate surface area is 159 Å². The first-order valence-corrected chi connectivity index (χ1v) is 10.4. The number of hydrogen-bond donors (Lipinski definition) is 3. The van der Waals surface area contributed by atoms with Crippen molar-refractivity contribution in [3.63, 3.8) is 0 Å². The molecule has 136 valence electrons. The van der Waals surface area contributed by atoms with Gasteiger partial charge >= 0.3 is 0 Å². The molecule has 3 N–H and O–H groups in total. The Morgan fingerprint density at radius 3 is 2.65 bits per heavy atom. The van der Waals surface area contributed by atoms with Crippen molar-refractivity contribution in [2.75, 3.05) is 16.4 Å². The molecule has 1 heterocycles. The number of aromatic nitrogens is 2. The lowest BCUT2D eigenvalue weighted by Crippen LogP contribution is -2.27. The molecule has 2 saturated carbocycles. The van der Waals surface area contributed by atoms with E-state index in [0.717, 1.165) is 22.3 Å². The molecule has 26 heavy (non-hydrogen) atoms. The zero-order valence-corrected chi connectivity index (χ0v) is 15.7. The van der Waals surface area contributed by atoms with Gasteiger partial charge in [0.1, 0.15) is 0 Å². The molecule has 7 nitrogen and oxygen atoms in total. The molecule has 2 aliphatic rings. The van der Waals surface area contributed by atoms with E-state index in [0.29, 0.717) is 17.3 Å². The maximum absolute atomic E-state index is 12.3. The predicted molar refractivity (Wildman–Crippen MR) is 103 cm³/mol. The van der Waals surface area contributed by atoms with E-state index >= 15 is 0 Å². The van der Waals surface area contributed by atoms with E-state index in [1.165, 1.54) is 35.9 Å². The Morgan fingerprint density at radius 1 is 1.12 bits per heavy atom. The number of carbonyl (C=O) groups is 2. The summed E-state index contributed by atoms with van der Waals surface area (Å²) in [5.41, 5.74) is 1.02. The van der Waals surface area contributed by atoms with E-state index < -0.39 is 0 Å². The number of thioether (sulfide) groups is 1. The molecular formula is C17H19N5O2S2. The van der Waals surface area contributed by atoms with Crippen LogP contribution in [0.4, 0.5) is 10.8 Å². The van der Waals surface area contributed by atoms with Crippen molar-refractivity contribution < 1.29 is 9.59 Å². The minimum Gasteiger partial charge on any atom is -0.357 e. The molecule has 0 aliphatic heterocycles. The highest BCUT2D eigenvalue weighted by atomic mass is 32.2. The van der Waals surface area contributed by atoms with E-state index in [2.05, 4.69) is 26.1 Å². The van der Waals surface area contributed by atoms with Gasteiger partial charge in [0, 0.05) is 12.1 Å². The minimum absolute atomic E-state index is 0.143. The average molecular weight is 390 g/mol. The average Bonchev–Trinajstić information content (AvgIpc) is 3.55. The van der Waals surface area contributed by atoms with Gasteiger partial charge in [0.25, 0.3) is 5.91 Å². The molecular weight excluding hydrogens is 370 g/mol. The molecule has 1 aromatic carbocycles. The third-order valence-corrected chi connectivity index (χ3v) is 5.98. The third-order valence-electron chi connectivity index (χ3n) is 4.00. The molecule has 1 aromatic heterocycles. The highest BCUT2D eigenvalue weighted by Crippen LogP contribution is 2.30. The molecule has 4 rings (SSSR count). The van der Waals surface area contributed by atoms with Gasteiger partial charge in [0.05, 0.1) is 17.0 Å². The SMILES string of the molecule is O=C(CSc1nnc(NC2CC2)s1)Nc1ccccc1C(=O)NC1CC1. The number of benzene rings is 1. The van der Waals surface area contributed by atoms with Crippen LogP contribution in [0.2, 0.25) is 0 Å². The van der Waals surface area contributed by atoms with Crippen LogP contribution in [0.3, 0.4) is 0 Å². The van der Waals surface area contributed by atoms with Gasteiger partial charge in [-0.1, -0.05) is 35.2 Å². The quantitative estimate of drug-likeness (QED) is 0.601. The summed E-state index contributed by atoms with van der Waals surface area (Å²) in [7, 11) is 0. The first-order chi connectivity index (χ1) is 12.7. The summed E-state index contributed by atoms with van der Waals surface area (Å²) in [5, 5.41) is 18.0. The number of amides is 2. The smallest absolute Gasteiger partial charge is 0.253 e. The molecule has 0 atom stereocenters. The Kier molecular flexibility index (Phi) is 5.07. The second kappa shape index (κ2) is 7.63. The summed E-state index contributed by atoms with van der Waals surface area (Å²) < 4.78 is 0.753. The van der Waals surface area contributed by atoms with Crippen LogP contribution < -0.4 is 16.0 Å². The van der Waals surface area contributed by atoms with Gasteiger partial charge in [0.2, 0.25) is 11.0 Å². The molecule has 0 saturated heterocycles. The van der Waals surface area contributed by atoms with Crippen molar-refractivity contribution in [1.82, 2.24) is 15.5 Å². The number of carbonyl (C=O) groups excluding carboxylic acids is 2. The summed E-state index contributed by atoms with van der Waals surface area (Å²) in [5.74, 6) is -0.0963. The molecule has 2 fully saturated rings. The normalized spacial score (nSPS) is 16.2. The van der Waals surface area contributed by atoms with Crippen molar-refractivity contribution in [3.05, 3.63) is 29.8 Å². The fourth-order valence-electron chi connectivity index (χ4n) is 2.32. The standard InChI is InChI=1S/C17H19N5O2S2/c23-14(9-25-17-22-21-16(26-17)19-11-7-8-11)20-13-4-2-1-3-12(13)15(24)18-10-5-6-10/h1-4,10-11H,5-9H2,(H,18,24)(H,19,21)(H,20,23). The molecule has 0 spiro atoms. The molecule has 0 bridgehead atoms. The van der Waals surface area contributed by atoms with Gasteiger partial charge < -0.3 is 16.0 Å². The summed E-state index contributed by atoms with van der Waals surface area (Å²) in [6.45, 7) is 0. The van der Waals surface area contributed by atoms with Gasteiger partial charge in [-0.3, -0.25) is 9.59 Å². The Balaban J connectivity index is 1.31. The monoisotopic (exact) mass is 389 g/mol. The number of rotatable bonds is 8. The van der Waals surface area contributed by atoms with Crippen LogP contribution in [0.5, 0.6) is 0 Å². The molecule has 2 amide bonds. The molecule has 2 aromatic rings. The van der Waals surface area contributed by atoms with Gasteiger partial charge in [-0.2, -0.15) is 0 Å². The summed E-state index contributed by atoms with van der Waals surface area (Å²) in [4.78, 5) is 24.5. The summed E-state index contributed by atoms with van der Waals surface area (Å²) in [6.07, 6.45) is 4.41. The second-order valence-electron chi connectivity index (χ2n) is 6.42. The lowest BCUT2D eigenvalue weighted by atomic mass is 10.1. The van der Waals surface area contributed by atoms with Crippen LogP contribution in [0.15, 0.2) is 28.6 Å². The topological polar surface area (TPSA) is 96.0 Å². The fourth-order valence-corrected chi connectivity index (χ4v) is 3.95. The Bertz CT molecular complexity index is 817. The Morgan fingerprint density at radius 2 is 1.88 bits per heavy atom. The van der Waals surface area contributed by atoms with Crippen molar-refractivity contribution in [2.24, 2.45) is 0 Å². The van der Waals surface area contributed by atoms with Crippen molar-refractivity contribution in [2.45, 2.75) is 42.1 Å². The van der Waals surface area contributed by atoms with E-state index in [1.807, 2.05) is 0 Å². The zero-order valence-electron chi connectivity index (χ0n) is 14.0.